The van der Waals surface area contributed by atoms with Gasteiger partial charge in [-0.3, -0.25) is 9.48 Å². The normalized spacial score (nSPS) is 13.1. The maximum absolute atomic E-state index is 12.8. The minimum atomic E-state index is -4.42. The molecule has 2 aromatic rings. The lowest BCUT2D eigenvalue weighted by atomic mass is 9.98. The first-order valence-electron chi connectivity index (χ1n) is 6.61. The number of rotatable bonds is 4. The predicted octanol–water partition coefficient (Wildman–Crippen LogP) is 3.37. The van der Waals surface area contributed by atoms with Gasteiger partial charge in [-0.15, -0.1) is 0 Å². The fourth-order valence-electron chi connectivity index (χ4n) is 2.17. The first kappa shape index (κ1) is 16.1. The SMILES string of the molecule is CC(Cc1nn(C)cc1-c1cccc(C(F)(F)F)c1)C(=O)O. The minimum Gasteiger partial charge on any atom is -0.481 e. The van der Waals surface area contributed by atoms with Gasteiger partial charge in [-0.05, 0) is 17.7 Å². The van der Waals surface area contributed by atoms with Crippen LogP contribution in [0.15, 0.2) is 30.5 Å². The van der Waals surface area contributed by atoms with Crippen LogP contribution in [-0.4, -0.2) is 20.9 Å². The van der Waals surface area contributed by atoms with Crippen molar-refractivity contribution in [2.75, 3.05) is 0 Å². The topological polar surface area (TPSA) is 55.1 Å². The van der Waals surface area contributed by atoms with Crippen molar-refractivity contribution in [3.8, 4) is 11.1 Å². The molecule has 0 aliphatic carbocycles. The molecule has 1 N–H and O–H groups in total. The summed E-state index contributed by atoms with van der Waals surface area (Å²) in [6, 6.07) is 4.93. The van der Waals surface area contributed by atoms with E-state index in [0.717, 1.165) is 12.1 Å². The molecular formula is C15H15F3N2O2. The first-order valence-corrected chi connectivity index (χ1v) is 6.61. The molecule has 0 bridgehead atoms. The Morgan fingerprint density at radius 1 is 1.41 bits per heavy atom. The summed E-state index contributed by atoms with van der Waals surface area (Å²) in [5.41, 5.74) is 0.611. The Morgan fingerprint density at radius 3 is 2.68 bits per heavy atom. The number of carboxylic acids is 1. The van der Waals surface area contributed by atoms with Crippen LogP contribution >= 0.6 is 0 Å². The Bertz CT molecular complexity index is 692. The summed E-state index contributed by atoms with van der Waals surface area (Å²) in [6.07, 6.45) is -2.67. The molecule has 2 rings (SSSR count). The van der Waals surface area contributed by atoms with Gasteiger partial charge in [0.2, 0.25) is 0 Å². The molecule has 7 heteroatoms. The number of hydrogen-bond donors (Lipinski definition) is 1. The molecular weight excluding hydrogens is 297 g/mol. The average Bonchev–Trinajstić information content (AvgIpc) is 2.78. The monoisotopic (exact) mass is 312 g/mol. The fourth-order valence-corrected chi connectivity index (χ4v) is 2.17. The summed E-state index contributed by atoms with van der Waals surface area (Å²) in [7, 11) is 1.64. The number of hydrogen-bond acceptors (Lipinski definition) is 2. The van der Waals surface area contributed by atoms with E-state index in [9.17, 15) is 18.0 Å². The fraction of sp³-hybridized carbons (Fsp3) is 0.333. The molecule has 4 nitrogen and oxygen atoms in total. The van der Waals surface area contributed by atoms with Gasteiger partial charge in [0.05, 0.1) is 17.2 Å². The van der Waals surface area contributed by atoms with Gasteiger partial charge in [-0.1, -0.05) is 19.1 Å². The molecule has 0 fully saturated rings. The van der Waals surface area contributed by atoms with Crippen molar-refractivity contribution >= 4 is 5.97 Å². The van der Waals surface area contributed by atoms with Crippen molar-refractivity contribution in [3.63, 3.8) is 0 Å². The summed E-state index contributed by atoms with van der Waals surface area (Å²) in [5, 5.41) is 13.2. The van der Waals surface area contributed by atoms with E-state index in [-0.39, 0.29) is 6.42 Å². The summed E-state index contributed by atoms with van der Waals surface area (Å²) < 4.78 is 39.9. The van der Waals surface area contributed by atoms with E-state index >= 15 is 0 Å². The van der Waals surface area contributed by atoms with E-state index in [2.05, 4.69) is 5.10 Å². The highest BCUT2D eigenvalue weighted by molar-refractivity contribution is 5.71. The van der Waals surface area contributed by atoms with Crippen LogP contribution in [0, 0.1) is 5.92 Å². The molecule has 1 aromatic carbocycles. The lowest BCUT2D eigenvalue weighted by Gasteiger charge is -2.09. The number of carboxylic acid groups (broad SMARTS) is 1. The number of aliphatic carboxylic acids is 1. The van der Waals surface area contributed by atoms with Crippen LogP contribution in [-0.2, 0) is 24.4 Å². The van der Waals surface area contributed by atoms with Gasteiger partial charge in [-0.25, -0.2) is 0 Å². The van der Waals surface area contributed by atoms with E-state index in [1.807, 2.05) is 0 Å². The highest BCUT2D eigenvalue weighted by Crippen LogP contribution is 2.33. The van der Waals surface area contributed by atoms with E-state index in [1.54, 1.807) is 19.3 Å². The maximum Gasteiger partial charge on any atom is 0.416 e. The molecule has 0 radical (unpaired) electrons. The Hall–Kier alpha value is -2.31. The second-order valence-electron chi connectivity index (χ2n) is 5.19. The van der Waals surface area contributed by atoms with Crippen molar-refractivity contribution in [2.45, 2.75) is 19.5 Å². The summed E-state index contributed by atoms with van der Waals surface area (Å²) in [6.45, 7) is 1.53. The first-order chi connectivity index (χ1) is 10.2. The minimum absolute atomic E-state index is 0.155. The second kappa shape index (κ2) is 5.82. The number of halogens is 3. The van der Waals surface area contributed by atoms with E-state index in [1.165, 1.54) is 17.7 Å². The number of benzene rings is 1. The van der Waals surface area contributed by atoms with E-state index < -0.39 is 23.6 Å². The lowest BCUT2D eigenvalue weighted by molar-refractivity contribution is -0.141. The highest BCUT2D eigenvalue weighted by Gasteiger charge is 2.30. The van der Waals surface area contributed by atoms with Crippen LogP contribution in [0.4, 0.5) is 13.2 Å². The lowest BCUT2D eigenvalue weighted by Crippen LogP contribution is -2.13. The van der Waals surface area contributed by atoms with E-state index in [4.69, 9.17) is 5.11 Å². The largest absolute Gasteiger partial charge is 0.481 e. The third-order valence-electron chi connectivity index (χ3n) is 3.33. The Balaban J connectivity index is 2.43. The van der Waals surface area contributed by atoms with Crippen molar-refractivity contribution in [1.82, 2.24) is 9.78 Å². The van der Waals surface area contributed by atoms with Crippen LogP contribution < -0.4 is 0 Å². The van der Waals surface area contributed by atoms with E-state index in [0.29, 0.717) is 16.8 Å². The van der Waals surface area contributed by atoms with Gasteiger partial charge in [0.15, 0.2) is 0 Å². The molecule has 118 valence electrons. The van der Waals surface area contributed by atoms with Crippen LogP contribution in [0.1, 0.15) is 18.2 Å². The van der Waals surface area contributed by atoms with Gasteiger partial charge in [0, 0.05) is 25.2 Å². The Kier molecular flexibility index (Phi) is 4.25. The molecule has 0 saturated heterocycles. The Morgan fingerprint density at radius 2 is 2.09 bits per heavy atom. The molecule has 1 heterocycles. The highest BCUT2D eigenvalue weighted by atomic mass is 19.4. The zero-order valence-electron chi connectivity index (χ0n) is 12.1. The van der Waals surface area contributed by atoms with Gasteiger partial charge >= 0.3 is 12.1 Å². The van der Waals surface area contributed by atoms with Gasteiger partial charge in [-0.2, -0.15) is 18.3 Å². The quantitative estimate of drug-likeness (QED) is 0.941. The molecule has 22 heavy (non-hydrogen) atoms. The maximum atomic E-state index is 12.8. The number of aryl methyl sites for hydroxylation is 1. The van der Waals surface area contributed by atoms with Crippen molar-refractivity contribution in [1.29, 1.82) is 0 Å². The predicted molar refractivity (Wildman–Crippen MR) is 74.1 cm³/mol. The second-order valence-corrected chi connectivity index (χ2v) is 5.19. The molecule has 0 aliphatic heterocycles. The van der Waals surface area contributed by atoms with Crippen LogP contribution in [0.2, 0.25) is 0 Å². The summed E-state index contributed by atoms with van der Waals surface area (Å²) in [5.74, 6) is -1.64. The molecule has 1 atom stereocenters. The molecule has 0 saturated carbocycles. The summed E-state index contributed by atoms with van der Waals surface area (Å²) in [4.78, 5) is 11.0. The third kappa shape index (κ3) is 3.47. The van der Waals surface area contributed by atoms with Gasteiger partial charge < -0.3 is 5.11 Å². The average molecular weight is 312 g/mol. The van der Waals surface area contributed by atoms with Gasteiger partial charge in [0.1, 0.15) is 0 Å². The van der Waals surface area contributed by atoms with Crippen molar-refractivity contribution in [3.05, 3.63) is 41.7 Å². The number of nitrogens with zero attached hydrogens (tertiary/aromatic N) is 2. The molecule has 0 aliphatic rings. The number of aromatic nitrogens is 2. The number of carbonyl (C=O) groups is 1. The molecule has 1 unspecified atom stereocenters. The van der Waals surface area contributed by atoms with Crippen LogP contribution in [0.5, 0.6) is 0 Å². The van der Waals surface area contributed by atoms with Gasteiger partial charge in [0.25, 0.3) is 0 Å². The smallest absolute Gasteiger partial charge is 0.416 e. The van der Waals surface area contributed by atoms with Crippen LogP contribution in [0.25, 0.3) is 11.1 Å². The number of alkyl halides is 3. The standard InChI is InChI=1S/C15H15F3N2O2/c1-9(14(21)22)6-13-12(8-20(2)19-13)10-4-3-5-11(7-10)15(16,17)18/h3-5,7-9H,6H2,1-2H3,(H,21,22). The Labute approximate surface area is 125 Å². The van der Waals surface area contributed by atoms with Crippen LogP contribution in [0.3, 0.4) is 0 Å². The zero-order chi connectivity index (χ0) is 16.5. The van der Waals surface area contributed by atoms with Crippen molar-refractivity contribution < 1.29 is 23.1 Å². The molecule has 0 spiro atoms. The van der Waals surface area contributed by atoms with Crippen molar-refractivity contribution in [2.24, 2.45) is 13.0 Å². The third-order valence-corrected chi connectivity index (χ3v) is 3.33. The zero-order valence-corrected chi connectivity index (χ0v) is 12.1. The summed E-state index contributed by atoms with van der Waals surface area (Å²) >= 11 is 0. The molecule has 1 aromatic heterocycles. The molecule has 0 amide bonds.